The predicted octanol–water partition coefficient (Wildman–Crippen LogP) is 6.70. The van der Waals surface area contributed by atoms with Crippen LogP contribution < -0.4 is 5.32 Å². The van der Waals surface area contributed by atoms with Crippen molar-refractivity contribution < 1.29 is 19.1 Å². The molecule has 5 aliphatic carbocycles. The van der Waals surface area contributed by atoms with Crippen molar-refractivity contribution in [3.8, 4) is 6.07 Å². The quantitative estimate of drug-likeness (QED) is 0.425. The number of rotatable bonds is 2. The van der Waals surface area contributed by atoms with Crippen LogP contribution in [0.3, 0.4) is 0 Å². The molecule has 5 aliphatic rings. The lowest BCUT2D eigenvalue weighted by Gasteiger charge is -2.68. The van der Waals surface area contributed by atoms with Crippen molar-refractivity contribution in [2.45, 2.75) is 112 Å². The highest BCUT2D eigenvalue weighted by atomic mass is 16.6. The summed E-state index contributed by atoms with van der Waals surface area (Å²) in [5.41, 5.74) is -0.0844. The Labute approximate surface area is 234 Å². The number of nitrogens with one attached hydrogen (secondary N) is 1. The third-order valence-corrected chi connectivity index (χ3v) is 12.2. The van der Waals surface area contributed by atoms with Crippen molar-refractivity contribution in [3.05, 3.63) is 23.3 Å². The molecule has 0 aliphatic heterocycles. The van der Waals surface area contributed by atoms with E-state index in [1.165, 1.54) is 0 Å². The second-order valence-electron chi connectivity index (χ2n) is 15.1. The van der Waals surface area contributed by atoms with Gasteiger partial charge in [-0.1, -0.05) is 53.2 Å². The van der Waals surface area contributed by atoms with Gasteiger partial charge in [0, 0.05) is 22.8 Å². The number of nitriles is 1. The molecule has 0 saturated heterocycles. The average Bonchev–Trinajstić information content (AvgIpc) is 2.83. The summed E-state index contributed by atoms with van der Waals surface area (Å²) in [4.78, 5) is 40.3. The van der Waals surface area contributed by atoms with E-state index in [1.807, 2.05) is 32.9 Å². The van der Waals surface area contributed by atoms with Crippen molar-refractivity contribution in [1.82, 2.24) is 5.32 Å². The van der Waals surface area contributed by atoms with Crippen molar-refractivity contribution in [2.75, 3.05) is 0 Å². The molecule has 0 bridgehead atoms. The lowest BCUT2D eigenvalue weighted by molar-refractivity contribution is -0.159. The minimum absolute atomic E-state index is 0.0180. The van der Waals surface area contributed by atoms with E-state index in [-0.39, 0.29) is 69.3 Å². The van der Waals surface area contributed by atoms with Crippen LogP contribution in [0.15, 0.2) is 23.3 Å². The van der Waals surface area contributed by atoms with Crippen LogP contribution in [0.2, 0.25) is 0 Å². The lowest BCUT2D eigenvalue weighted by Crippen LogP contribution is -2.69. The minimum Gasteiger partial charge on any atom is -0.447 e. The van der Waals surface area contributed by atoms with E-state index in [2.05, 4.69) is 46.0 Å². The van der Waals surface area contributed by atoms with Crippen molar-refractivity contribution in [2.24, 2.45) is 45.3 Å². The fraction of sp³-hybridized carbons (Fsp3) is 0.758. The number of carbonyl (C=O) groups excluding carboxylic acids is 3. The lowest BCUT2D eigenvalue weighted by atomic mass is 9.36. The standard InChI is InChI=1S/C33H46N2O4/c1-19(2)39-28(38)35-33-13-11-29(4,5)17-23(33)26-24(36)15-25-30(6)16-21(18-34)27(37)20(3)22(30)9-10-31(25,7)32(26,8)12-14-33/h15-16,19-20,22-23,26H,9-14,17H2,1-8H3,(H,35,38). The molecular formula is C33H46N2O4. The minimum atomic E-state index is -0.505. The molecule has 5 rings (SSSR count). The number of allylic oxidation sites excluding steroid dienone is 4. The van der Waals surface area contributed by atoms with E-state index < -0.39 is 11.0 Å². The Bertz CT molecular complexity index is 1220. The molecule has 0 aromatic carbocycles. The van der Waals surface area contributed by atoms with Crippen molar-refractivity contribution in [3.63, 3.8) is 0 Å². The number of ketones is 2. The van der Waals surface area contributed by atoms with Gasteiger partial charge in [-0.15, -0.1) is 0 Å². The van der Waals surface area contributed by atoms with Gasteiger partial charge in [0.25, 0.3) is 0 Å². The highest BCUT2D eigenvalue weighted by molar-refractivity contribution is 6.02. The monoisotopic (exact) mass is 534 g/mol. The van der Waals surface area contributed by atoms with Crippen LogP contribution in [-0.4, -0.2) is 29.3 Å². The molecule has 3 saturated carbocycles. The smallest absolute Gasteiger partial charge is 0.407 e. The molecular weight excluding hydrogens is 488 g/mol. The van der Waals surface area contributed by atoms with Crippen LogP contribution in [0.25, 0.3) is 0 Å². The van der Waals surface area contributed by atoms with E-state index in [0.717, 1.165) is 50.5 Å². The van der Waals surface area contributed by atoms with Crippen LogP contribution in [-0.2, 0) is 14.3 Å². The summed E-state index contributed by atoms with van der Waals surface area (Å²) in [5.74, 6) is -0.269. The topological polar surface area (TPSA) is 96.3 Å². The summed E-state index contributed by atoms with van der Waals surface area (Å²) < 4.78 is 5.55. The maximum atomic E-state index is 14.4. The number of nitrogens with zero attached hydrogens (tertiary/aromatic N) is 1. The average molecular weight is 535 g/mol. The Kier molecular flexibility index (Phi) is 6.34. The van der Waals surface area contributed by atoms with Gasteiger partial charge >= 0.3 is 6.09 Å². The Hall–Kier alpha value is -2.42. The Morgan fingerprint density at radius 1 is 1.05 bits per heavy atom. The normalized spacial score (nSPS) is 44.5. The molecule has 0 aromatic rings. The first kappa shape index (κ1) is 28.1. The highest BCUT2D eigenvalue weighted by Gasteiger charge is 2.69. The second-order valence-corrected chi connectivity index (χ2v) is 15.1. The zero-order valence-electron chi connectivity index (χ0n) is 25.1. The third kappa shape index (κ3) is 3.89. The fourth-order valence-electron chi connectivity index (χ4n) is 9.92. The van der Waals surface area contributed by atoms with Gasteiger partial charge in [0.1, 0.15) is 6.07 Å². The van der Waals surface area contributed by atoms with Crippen LogP contribution in [0.4, 0.5) is 4.79 Å². The Morgan fingerprint density at radius 3 is 2.36 bits per heavy atom. The molecule has 1 N–H and O–H groups in total. The SMILES string of the molecule is CC(C)OC(=O)NC12CCC(C)(C)CC1C1C(=O)C=C3C4(C)C=C(C#N)C(=O)C(C)C4CCC3(C)C1(C)CC2. The number of amides is 1. The van der Waals surface area contributed by atoms with Gasteiger partial charge < -0.3 is 10.1 Å². The van der Waals surface area contributed by atoms with Gasteiger partial charge in [-0.25, -0.2) is 4.79 Å². The van der Waals surface area contributed by atoms with Crippen molar-refractivity contribution >= 4 is 17.7 Å². The molecule has 0 spiro atoms. The zero-order chi connectivity index (χ0) is 28.8. The zero-order valence-corrected chi connectivity index (χ0v) is 25.1. The summed E-state index contributed by atoms with van der Waals surface area (Å²) in [5, 5.41) is 13.1. The van der Waals surface area contributed by atoms with E-state index in [1.54, 1.807) is 0 Å². The molecule has 6 heteroatoms. The number of ether oxygens (including phenoxy) is 1. The fourth-order valence-corrected chi connectivity index (χ4v) is 9.92. The summed E-state index contributed by atoms with van der Waals surface area (Å²) in [6, 6.07) is 2.16. The van der Waals surface area contributed by atoms with Crippen LogP contribution in [0.1, 0.15) is 100 Å². The molecule has 0 radical (unpaired) electrons. The maximum Gasteiger partial charge on any atom is 0.407 e. The number of Topliss-reactive ketones (excluding diaryl/α,β-unsaturated/α-hetero) is 1. The van der Waals surface area contributed by atoms with E-state index in [0.29, 0.717) is 0 Å². The van der Waals surface area contributed by atoms with Gasteiger partial charge in [-0.3, -0.25) is 9.59 Å². The second kappa shape index (κ2) is 8.79. The third-order valence-electron chi connectivity index (χ3n) is 12.2. The Morgan fingerprint density at radius 2 is 1.72 bits per heavy atom. The largest absolute Gasteiger partial charge is 0.447 e. The van der Waals surface area contributed by atoms with Crippen LogP contribution in [0.5, 0.6) is 0 Å². The number of alkyl carbamates (subject to hydrolysis) is 1. The number of fused-ring (bicyclic) bond motifs is 7. The molecule has 8 unspecified atom stereocenters. The van der Waals surface area contributed by atoms with Gasteiger partial charge in [0.2, 0.25) is 0 Å². The molecule has 0 aromatic heterocycles. The first-order valence-electron chi connectivity index (χ1n) is 15.0. The Balaban J connectivity index is 1.63. The van der Waals surface area contributed by atoms with Gasteiger partial charge in [-0.05, 0) is 93.0 Å². The molecule has 39 heavy (non-hydrogen) atoms. The first-order chi connectivity index (χ1) is 18.0. The first-order valence-corrected chi connectivity index (χ1v) is 15.0. The van der Waals surface area contributed by atoms with Gasteiger partial charge in [-0.2, -0.15) is 5.26 Å². The molecule has 1 amide bonds. The molecule has 3 fully saturated rings. The number of hydrogen-bond donors (Lipinski definition) is 1. The van der Waals surface area contributed by atoms with Crippen LogP contribution in [0, 0.1) is 56.7 Å². The van der Waals surface area contributed by atoms with Crippen molar-refractivity contribution in [1.29, 1.82) is 5.26 Å². The van der Waals surface area contributed by atoms with E-state index >= 15 is 0 Å². The van der Waals surface area contributed by atoms with E-state index in [4.69, 9.17) is 4.74 Å². The molecule has 212 valence electrons. The predicted molar refractivity (Wildman–Crippen MR) is 149 cm³/mol. The van der Waals surface area contributed by atoms with Crippen LogP contribution >= 0.6 is 0 Å². The summed E-state index contributed by atoms with van der Waals surface area (Å²) >= 11 is 0. The number of hydrogen-bond acceptors (Lipinski definition) is 5. The maximum absolute atomic E-state index is 14.4. The summed E-state index contributed by atoms with van der Waals surface area (Å²) in [7, 11) is 0. The van der Waals surface area contributed by atoms with Gasteiger partial charge in [0.15, 0.2) is 11.6 Å². The number of carbonyl (C=O) groups is 3. The van der Waals surface area contributed by atoms with Gasteiger partial charge in [0.05, 0.1) is 11.7 Å². The summed E-state index contributed by atoms with van der Waals surface area (Å²) in [6.07, 6.45) is 9.39. The molecule has 8 atom stereocenters. The highest BCUT2D eigenvalue weighted by Crippen LogP contribution is 2.72. The molecule has 6 nitrogen and oxygen atoms in total. The van der Waals surface area contributed by atoms with E-state index in [9.17, 15) is 19.6 Å². The summed E-state index contributed by atoms with van der Waals surface area (Å²) in [6.45, 7) is 17.0. The molecule has 0 heterocycles.